The van der Waals surface area contributed by atoms with Crippen molar-refractivity contribution in [2.24, 2.45) is 5.92 Å². The normalized spacial score (nSPS) is 17.2. The van der Waals surface area contributed by atoms with Crippen molar-refractivity contribution in [3.63, 3.8) is 0 Å². The fraction of sp³-hybridized carbons (Fsp3) is 0.412. The number of amides is 1. The van der Waals surface area contributed by atoms with Crippen molar-refractivity contribution in [2.45, 2.75) is 12.8 Å². The molecule has 2 aromatic rings. The van der Waals surface area contributed by atoms with Gasteiger partial charge in [-0.3, -0.25) is 9.89 Å². The van der Waals surface area contributed by atoms with Crippen LogP contribution in [0.2, 0.25) is 0 Å². The molecule has 6 heteroatoms. The number of rotatable bonds is 6. The van der Waals surface area contributed by atoms with Crippen molar-refractivity contribution in [3.8, 4) is 17.0 Å². The van der Waals surface area contributed by atoms with Gasteiger partial charge in [0, 0.05) is 12.1 Å². The lowest BCUT2D eigenvalue weighted by molar-refractivity contribution is 0.0952. The van der Waals surface area contributed by atoms with Crippen LogP contribution < -0.4 is 15.4 Å². The summed E-state index contributed by atoms with van der Waals surface area (Å²) in [7, 11) is 1.63. The maximum absolute atomic E-state index is 12.4. The molecule has 6 nitrogen and oxygen atoms in total. The molecule has 1 amide bonds. The van der Waals surface area contributed by atoms with E-state index in [1.165, 1.54) is 6.42 Å². The van der Waals surface area contributed by atoms with Crippen LogP contribution in [-0.2, 0) is 0 Å². The lowest BCUT2D eigenvalue weighted by Crippen LogP contribution is -2.26. The molecule has 0 bridgehead atoms. The van der Waals surface area contributed by atoms with Gasteiger partial charge in [0.25, 0.3) is 5.91 Å². The first-order valence-corrected chi connectivity index (χ1v) is 7.94. The number of nitrogens with one attached hydrogen (secondary N) is 3. The van der Waals surface area contributed by atoms with Gasteiger partial charge in [0.15, 0.2) is 0 Å². The number of H-pyrrole nitrogens is 1. The summed E-state index contributed by atoms with van der Waals surface area (Å²) in [5.74, 6) is 1.36. The standard InChI is InChI=1S/C17H22N4O2/c1-23-14-4-2-13(3-5-14)16-15(11-20-21-16)17(22)19-9-7-12-6-8-18-10-12/h2-5,11-12,18H,6-10H2,1H3,(H,19,22)(H,20,21). The van der Waals surface area contributed by atoms with Crippen molar-refractivity contribution in [1.82, 2.24) is 20.8 Å². The number of carbonyl (C=O) groups excluding carboxylic acids is 1. The lowest BCUT2D eigenvalue weighted by atomic mass is 10.0. The lowest BCUT2D eigenvalue weighted by Gasteiger charge is -2.09. The second kappa shape index (κ2) is 7.28. The fourth-order valence-electron chi connectivity index (χ4n) is 2.88. The van der Waals surface area contributed by atoms with Crippen molar-refractivity contribution >= 4 is 5.91 Å². The van der Waals surface area contributed by atoms with Crippen molar-refractivity contribution in [3.05, 3.63) is 36.0 Å². The van der Waals surface area contributed by atoms with Crippen LogP contribution in [0, 0.1) is 5.92 Å². The van der Waals surface area contributed by atoms with Gasteiger partial charge in [-0.25, -0.2) is 0 Å². The van der Waals surface area contributed by atoms with Gasteiger partial charge in [-0.15, -0.1) is 0 Å². The number of aromatic nitrogens is 2. The average Bonchev–Trinajstić information content (AvgIpc) is 3.26. The van der Waals surface area contributed by atoms with Crippen LogP contribution in [0.25, 0.3) is 11.3 Å². The van der Waals surface area contributed by atoms with E-state index < -0.39 is 0 Å². The SMILES string of the molecule is COc1ccc(-c2[nH]ncc2C(=O)NCCC2CCNC2)cc1. The highest BCUT2D eigenvalue weighted by atomic mass is 16.5. The molecule has 1 saturated heterocycles. The summed E-state index contributed by atoms with van der Waals surface area (Å²) in [6.45, 7) is 2.83. The molecule has 23 heavy (non-hydrogen) atoms. The van der Waals surface area contributed by atoms with Crippen molar-refractivity contribution < 1.29 is 9.53 Å². The Morgan fingerprint density at radius 2 is 2.22 bits per heavy atom. The molecule has 3 rings (SSSR count). The Balaban J connectivity index is 1.63. The Morgan fingerprint density at radius 3 is 2.91 bits per heavy atom. The summed E-state index contributed by atoms with van der Waals surface area (Å²) in [5, 5.41) is 13.3. The smallest absolute Gasteiger partial charge is 0.255 e. The average molecular weight is 314 g/mol. The predicted octanol–water partition coefficient (Wildman–Crippen LogP) is 1.81. The zero-order chi connectivity index (χ0) is 16.1. The first-order chi connectivity index (χ1) is 11.3. The minimum atomic E-state index is -0.0875. The van der Waals surface area contributed by atoms with E-state index in [9.17, 15) is 4.79 Å². The third kappa shape index (κ3) is 3.71. The Morgan fingerprint density at radius 1 is 1.39 bits per heavy atom. The molecular weight excluding hydrogens is 292 g/mol. The second-order valence-corrected chi connectivity index (χ2v) is 5.79. The molecule has 1 fully saturated rings. The summed E-state index contributed by atoms with van der Waals surface area (Å²) in [6.07, 6.45) is 3.78. The van der Waals surface area contributed by atoms with E-state index in [-0.39, 0.29) is 5.91 Å². The maximum Gasteiger partial charge on any atom is 0.255 e. The van der Waals surface area contributed by atoms with E-state index in [2.05, 4.69) is 20.8 Å². The highest BCUT2D eigenvalue weighted by Crippen LogP contribution is 2.23. The van der Waals surface area contributed by atoms with E-state index in [0.717, 1.165) is 36.5 Å². The molecule has 1 aliphatic heterocycles. The summed E-state index contributed by atoms with van der Waals surface area (Å²) >= 11 is 0. The maximum atomic E-state index is 12.4. The highest BCUT2D eigenvalue weighted by Gasteiger charge is 2.17. The molecule has 1 aliphatic rings. The van der Waals surface area contributed by atoms with Gasteiger partial charge in [-0.05, 0) is 56.1 Å². The Hall–Kier alpha value is -2.34. The quantitative estimate of drug-likeness (QED) is 0.760. The molecule has 1 atom stereocenters. The van der Waals surface area contributed by atoms with E-state index in [1.54, 1.807) is 13.3 Å². The Labute approximate surface area is 135 Å². The molecule has 2 heterocycles. The van der Waals surface area contributed by atoms with Gasteiger partial charge >= 0.3 is 0 Å². The largest absolute Gasteiger partial charge is 0.497 e. The topological polar surface area (TPSA) is 79.0 Å². The zero-order valence-electron chi connectivity index (χ0n) is 13.3. The first-order valence-electron chi connectivity index (χ1n) is 7.94. The van der Waals surface area contributed by atoms with Gasteiger partial charge in [0.05, 0.1) is 24.6 Å². The molecule has 0 spiro atoms. The van der Waals surface area contributed by atoms with Crippen LogP contribution in [0.5, 0.6) is 5.75 Å². The predicted molar refractivity (Wildman–Crippen MR) is 88.5 cm³/mol. The molecule has 1 aromatic heterocycles. The van der Waals surface area contributed by atoms with Gasteiger partial charge in [0.1, 0.15) is 5.75 Å². The summed E-state index contributed by atoms with van der Waals surface area (Å²) in [4.78, 5) is 12.4. The van der Waals surface area contributed by atoms with Gasteiger partial charge < -0.3 is 15.4 Å². The third-order valence-electron chi connectivity index (χ3n) is 4.26. The van der Waals surface area contributed by atoms with Crippen LogP contribution in [0.1, 0.15) is 23.2 Å². The molecule has 0 saturated carbocycles. The highest BCUT2D eigenvalue weighted by molar-refractivity contribution is 5.99. The van der Waals surface area contributed by atoms with E-state index >= 15 is 0 Å². The van der Waals surface area contributed by atoms with Crippen LogP contribution in [0.4, 0.5) is 0 Å². The van der Waals surface area contributed by atoms with Crippen molar-refractivity contribution in [1.29, 1.82) is 0 Å². The molecule has 0 aliphatic carbocycles. The monoisotopic (exact) mass is 314 g/mol. The number of ether oxygens (including phenoxy) is 1. The van der Waals surface area contributed by atoms with Crippen LogP contribution in [0.15, 0.2) is 30.5 Å². The van der Waals surface area contributed by atoms with E-state index in [1.807, 2.05) is 24.3 Å². The summed E-state index contributed by atoms with van der Waals surface area (Å²) in [5.41, 5.74) is 2.21. The fourth-order valence-corrected chi connectivity index (χ4v) is 2.88. The van der Waals surface area contributed by atoms with Crippen molar-refractivity contribution in [2.75, 3.05) is 26.7 Å². The molecule has 1 aromatic carbocycles. The number of methoxy groups -OCH3 is 1. The molecule has 122 valence electrons. The zero-order valence-corrected chi connectivity index (χ0v) is 13.3. The number of benzene rings is 1. The molecular formula is C17H22N4O2. The summed E-state index contributed by atoms with van der Waals surface area (Å²) in [6, 6.07) is 7.55. The molecule has 1 unspecified atom stereocenters. The molecule has 3 N–H and O–H groups in total. The number of nitrogens with zero attached hydrogens (tertiary/aromatic N) is 1. The number of hydrogen-bond acceptors (Lipinski definition) is 4. The first kappa shape index (κ1) is 15.6. The van der Waals surface area contributed by atoms with Gasteiger partial charge in [-0.2, -0.15) is 5.10 Å². The minimum absolute atomic E-state index is 0.0875. The Bertz CT molecular complexity index is 645. The van der Waals surface area contributed by atoms with Gasteiger partial charge in [-0.1, -0.05) is 0 Å². The second-order valence-electron chi connectivity index (χ2n) is 5.79. The number of carbonyl (C=O) groups is 1. The van der Waals surface area contributed by atoms with Gasteiger partial charge in [0.2, 0.25) is 0 Å². The van der Waals surface area contributed by atoms with Crippen LogP contribution >= 0.6 is 0 Å². The molecule has 0 radical (unpaired) electrons. The van der Waals surface area contributed by atoms with Crippen LogP contribution in [0.3, 0.4) is 0 Å². The van der Waals surface area contributed by atoms with E-state index in [0.29, 0.717) is 18.0 Å². The summed E-state index contributed by atoms with van der Waals surface area (Å²) < 4.78 is 5.16. The Kier molecular flexibility index (Phi) is 4.92. The third-order valence-corrected chi connectivity index (χ3v) is 4.26. The van der Waals surface area contributed by atoms with E-state index in [4.69, 9.17) is 4.74 Å². The minimum Gasteiger partial charge on any atom is -0.497 e. The number of hydrogen-bond donors (Lipinski definition) is 3. The number of aromatic amines is 1. The van der Waals surface area contributed by atoms with Crippen LogP contribution in [-0.4, -0.2) is 42.8 Å².